The topological polar surface area (TPSA) is 74.8 Å². The Bertz CT molecular complexity index is 538. The van der Waals surface area contributed by atoms with Gasteiger partial charge in [0.15, 0.2) is 5.96 Å². The van der Waals surface area contributed by atoms with Crippen LogP contribution in [0.5, 0.6) is 5.75 Å². The van der Waals surface area contributed by atoms with Gasteiger partial charge in [-0.25, -0.2) is 0 Å². The molecule has 6 heteroatoms. The van der Waals surface area contributed by atoms with E-state index in [9.17, 15) is 4.79 Å². The highest BCUT2D eigenvalue weighted by Crippen LogP contribution is 2.28. The summed E-state index contributed by atoms with van der Waals surface area (Å²) >= 11 is 0. The summed E-state index contributed by atoms with van der Waals surface area (Å²) in [5.74, 6) is 2.09. The highest BCUT2D eigenvalue weighted by molar-refractivity contribution is 5.81. The second-order valence-electron chi connectivity index (χ2n) is 5.85. The maximum absolute atomic E-state index is 11.6. The van der Waals surface area contributed by atoms with Crippen LogP contribution in [-0.2, 0) is 11.2 Å². The van der Waals surface area contributed by atoms with Gasteiger partial charge in [0.1, 0.15) is 5.75 Å². The van der Waals surface area contributed by atoms with E-state index >= 15 is 0 Å². The van der Waals surface area contributed by atoms with Crippen molar-refractivity contribution in [2.75, 3.05) is 33.3 Å². The molecule has 0 aromatic heterocycles. The molecule has 132 valence electrons. The van der Waals surface area contributed by atoms with Crippen molar-refractivity contribution in [3.8, 4) is 5.75 Å². The van der Waals surface area contributed by atoms with Crippen molar-refractivity contribution >= 4 is 11.9 Å². The van der Waals surface area contributed by atoms with Gasteiger partial charge >= 0.3 is 0 Å². The van der Waals surface area contributed by atoms with Crippen molar-refractivity contribution in [1.82, 2.24) is 16.0 Å². The van der Waals surface area contributed by atoms with E-state index in [1.54, 1.807) is 7.11 Å². The monoisotopic (exact) mass is 332 g/mol. The fraction of sp³-hybridized carbons (Fsp3) is 0.556. The van der Waals surface area contributed by atoms with Crippen molar-refractivity contribution in [1.29, 1.82) is 0 Å². The van der Waals surface area contributed by atoms with Crippen LogP contribution in [0.15, 0.2) is 29.3 Å². The van der Waals surface area contributed by atoms with Crippen LogP contribution in [0, 0.1) is 5.92 Å². The Morgan fingerprint density at radius 3 is 2.50 bits per heavy atom. The number of rotatable bonds is 9. The van der Waals surface area contributed by atoms with E-state index in [1.807, 2.05) is 19.1 Å². The van der Waals surface area contributed by atoms with Gasteiger partial charge in [0, 0.05) is 32.1 Å². The molecule has 6 nitrogen and oxygen atoms in total. The van der Waals surface area contributed by atoms with Gasteiger partial charge in [0.25, 0.3) is 0 Å². The predicted octanol–water partition coefficient (Wildman–Crippen LogP) is 1.32. The van der Waals surface area contributed by atoms with E-state index in [2.05, 4.69) is 33.1 Å². The summed E-state index contributed by atoms with van der Waals surface area (Å²) in [4.78, 5) is 16.1. The van der Waals surface area contributed by atoms with Gasteiger partial charge in [-0.3, -0.25) is 9.79 Å². The third-order valence-corrected chi connectivity index (χ3v) is 3.84. The smallest absolute Gasteiger partial charge is 0.223 e. The van der Waals surface area contributed by atoms with Crippen LogP contribution >= 0.6 is 0 Å². The molecule has 0 heterocycles. The summed E-state index contributed by atoms with van der Waals surface area (Å²) in [7, 11) is 1.67. The molecular formula is C18H28N4O2. The SMILES string of the molecule is CCNC(=NCCc1ccc(OC)cc1)NCCNC(=O)C1CC1. The molecule has 0 saturated heterocycles. The standard InChI is InChI=1S/C18H28N4O2/c1-3-19-18(22-13-12-20-17(23)15-6-7-15)21-11-10-14-4-8-16(24-2)9-5-14/h4-5,8-9,15H,3,6-7,10-13H2,1-2H3,(H,20,23)(H2,19,21,22). The Hall–Kier alpha value is -2.24. The molecule has 1 fully saturated rings. The summed E-state index contributed by atoms with van der Waals surface area (Å²) in [6.45, 7) is 4.85. The van der Waals surface area contributed by atoms with Crippen LogP contribution in [0.1, 0.15) is 25.3 Å². The first-order chi connectivity index (χ1) is 11.7. The Morgan fingerprint density at radius 2 is 1.88 bits per heavy atom. The minimum atomic E-state index is 0.179. The number of carbonyl (C=O) groups excluding carboxylic acids is 1. The lowest BCUT2D eigenvalue weighted by Crippen LogP contribution is -2.41. The lowest BCUT2D eigenvalue weighted by atomic mass is 10.1. The molecule has 0 bridgehead atoms. The number of benzene rings is 1. The zero-order valence-corrected chi connectivity index (χ0v) is 14.6. The van der Waals surface area contributed by atoms with E-state index in [-0.39, 0.29) is 11.8 Å². The maximum atomic E-state index is 11.6. The number of guanidine groups is 1. The number of ether oxygens (including phenoxy) is 1. The normalized spacial score (nSPS) is 14.2. The number of aliphatic imine (C=N–C) groups is 1. The molecule has 1 amide bonds. The van der Waals surface area contributed by atoms with Crippen molar-refractivity contribution in [2.45, 2.75) is 26.2 Å². The van der Waals surface area contributed by atoms with Gasteiger partial charge in [-0.15, -0.1) is 0 Å². The van der Waals surface area contributed by atoms with Crippen molar-refractivity contribution < 1.29 is 9.53 Å². The van der Waals surface area contributed by atoms with Gasteiger partial charge in [-0.05, 0) is 43.9 Å². The maximum Gasteiger partial charge on any atom is 0.223 e. The summed E-state index contributed by atoms with van der Waals surface area (Å²) < 4.78 is 5.16. The second kappa shape index (κ2) is 9.80. The largest absolute Gasteiger partial charge is 0.497 e. The third kappa shape index (κ3) is 6.48. The number of hydrogen-bond acceptors (Lipinski definition) is 3. The lowest BCUT2D eigenvalue weighted by molar-refractivity contribution is -0.122. The molecular weight excluding hydrogens is 304 g/mol. The molecule has 0 aliphatic heterocycles. The van der Waals surface area contributed by atoms with Crippen LogP contribution in [0.4, 0.5) is 0 Å². The number of nitrogens with one attached hydrogen (secondary N) is 3. The Balaban J connectivity index is 1.69. The van der Waals surface area contributed by atoms with Crippen molar-refractivity contribution in [2.24, 2.45) is 10.9 Å². The molecule has 0 spiro atoms. The average molecular weight is 332 g/mol. The second-order valence-corrected chi connectivity index (χ2v) is 5.85. The van der Waals surface area contributed by atoms with Gasteiger partial charge in [-0.2, -0.15) is 0 Å². The summed E-state index contributed by atoms with van der Waals surface area (Å²) in [5.41, 5.74) is 1.23. The van der Waals surface area contributed by atoms with Gasteiger partial charge in [-0.1, -0.05) is 12.1 Å². The zero-order chi connectivity index (χ0) is 17.2. The third-order valence-electron chi connectivity index (χ3n) is 3.84. The van der Waals surface area contributed by atoms with Gasteiger partial charge in [0.05, 0.1) is 7.11 Å². The molecule has 2 rings (SSSR count). The van der Waals surface area contributed by atoms with Crippen LogP contribution in [0.3, 0.4) is 0 Å². The quantitative estimate of drug-likeness (QED) is 0.362. The molecule has 24 heavy (non-hydrogen) atoms. The Kier molecular flexibility index (Phi) is 7.39. The highest BCUT2D eigenvalue weighted by Gasteiger charge is 2.28. The predicted molar refractivity (Wildman–Crippen MR) is 96.4 cm³/mol. The van der Waals surface area contributed by atoms with Crippen LogP contribution in [0.2, 0.25) is 0 Å². The number of hydrogen-bond donors (Lipinski definition) is 3. The Labute approximate surface area is 144 Å². The van der Waals surface area contributed by atoms with E-state index in [0.717, 1.165) is 37.5 Å². The molecule has 1 aromatic rings. The molecule has 0 unspecified atom stereocenters. The first-order valence-electron chi connectivity index (χ1n) is 8.65. The summed E-state index contributed by atoms with van der Waals surface area (Å²) in [5, 5.41) is 9.40. The van der Waals surface area contributed by atoms with Gasteiger partial charge < -0.3 is 20.7 Å². The van der Waals surface area contributed by atoms with Crippen LogP contribution < -0.4 is 20.7 Å². The average Bonchev–Trinajstić information content (AvgIpc) is 3.44. The molecule has 0 radical (unpaired) electrons. The first kappa shape index (κ1) is 18.1. The van der Waals surface area contributed by atoms with Crippen molar-refractivity contribution in [3.05, 3.63) is 29.8 Å². The molecule has 3 N–H and O–H groups in total. The van der Waals surface area contributed by atoms with E-state index in [4.69, 9.17) is 4.74 Å². The van der Waals surface area contributed by atoms with Crippen molar-refractivity contribution in [3.63, 3.8) is 0 Å². The summed E-state index contributed by atoms with van der Waals surface area (Å²) in [6, 6.07) is 8.04. The molecule has 0 atom stereocenters. The van der Waals surface area contributed by atoms with E-state index < -0.39 is 0 Å². The van der Waals surface area contributed by atoms with Gasteiger partial charge in [0.2, 0.25) is 5.91 Å². The zero-order valence-electron chi connectivity index (χ0n) is 14.6. The fourth-order valence-corrected chi connectivity index (χ4v) is 2.29. The van der Waals surface area contributed by atoms with Crippen LogP contribution in [-0.4, -0.2) is 45.2 Å². The number of amides is 1. The van der Waals surface area contributed by atoms with Crippen LogP contribution in [0.25, 0.3) is 0 Å². The Morgan fingerprint density at radius 1 is 1.17 bits per heavy atom. The minimum Gasteiger partial charge on any atom is -0.497 e. The number of carbonyl (C=O) groups is 1. The first-order valence-corrected chi connectivity index (χ1v) is 8.65. The molecule has 1 aliphatic carbocycles. The fourth-order valence-electron chi connectivity index (χ4n) is 2.29. The number of nitrogens with zero attached hydrogens (tertiary/aromatic N) is 1. The van der Waals surface area contributed by atoms with E-state index in [0.29, 0.717) is 19.6 Å². The molecule has 1 aliphatic rings. The van der Waals surface area contributed by atoms with E-state index in [1.165, 1.54) is 5.56 Å². The molecule has 1 aromatic carbocycles. The minimum absolute atomic E-state index is 0.179. The highest BCUT2D eigenvalue weighted by atomic mass is 16.5. The number of methoxy groups -OCH3 is 1. The lowest BCUT2D eigenvalue weighted by Gasteiger charge is -2.12. The molecule has 1 saturated carbocycles. The summed E-state index contributed by atoms with van der Waals surface area (Å²) in [6.07, 6.45) is 2.95.